The van der Waals surface area contributed by atoms with E-state index in [1.807, 2.05) is 19.9 Å². The van der Waals surface area contributed by atoms with Gasteiger partial charge in [0.1, 0.15) is 0 Å². The number of hydrogen-bond donors (Lipinski definition) is 1. The highest BCUT2D eigenvalue weighted by molar-refractivity contribution is 5.91. The zero-order valence-corrected chi connectivity index (χ0v) is 10.4. The van der Waals surface area contributed by atoms with Crippen LogP contribution in [0.4, 0.5) is 5.69 Å². The molecule has 0 aromatic carbocycles. The van der Waals surface area contributed by atoms with Crippen molar-refractivity contribution in [3.05, 3.63) is 23.0 Å². The SMILES string of the molecule is CCOC(=O)c1cc2c(nc1C)CCCCN2. The van der Waals surface area contributed by atoms with Crippen molar-refractivity contribution in [3.8, 4) is 0 Å². The van der Waals surface area contributed by atoms with Crippen molar-refractivity contribution in [1.82, 2.24) is 4.98 Å². The highest BCUT2D eigenvalue weighted by atomic mass is 16.5. The number of pyridine rings is 1. The van der Waals surface area contributed by atoms with E-state index in [0.717, 1.165) is 42.9 Å². The van der Waals surface area contributed by atoms with Gasteiger partial charge in [0.2, 0.25) is 0 Å². The fourth-order valence-electron chi connectivity index (χ4n) is 2.05. The van der Waals surface area contributed by atoms with Crippen LogP contribution in [-0.2, 0) is 11.2 Å². The molecule has 17 heavy (non-hydrogen) atoms. The molecule has 1 aliphatic rings. The average Bonchev–Trinajstić information content (AvgIpc) is 2.52. The molecule has 0 unspecified atom stereocenters. The molecule has 0 spiro atoms. The number of hydrogen-bond acceptors (Lipinski definition) is 4. The number of anilines is 1. The normalized spacial score (nSPS) is 14.5. The van der Waals surface area contributed by atoms with E-state index in [2.05, 4.69) is 10.3 Å². The van der Waals surface area contributed by atoms with Crippen LogP contribution in [-0.4, -0.2) is 24.1 Å². The summed E-state index contributed by atoms with van der Waals surface area (Å²) >= 11 is 0. The molecule has 2 heterocycles. The second-order valence-corrected chi connectivity index (χ2v) is 4.22. The maximum absolute atomic E-state index is 11.7. The topological polar surface area (TPSA) is 51.2 Å². The third-order valence-corrected chi connectivity index (χ3v) is 2.94. The van der Waals surface area contributed by atoms with Gasteiger partial charge in [0, 0.05) is 6.54 Å². The number of carbonyl (C=O) groups excluding carboxylic acids is 1. The Morgan fingerprint density at radius 1 is 1.53 bits per heavy atom. The maximum Gasteiger partial charge on any atom is 0.340 e. The average molecular weight is 234 g/mol. The minimum atomic E-state index is -0.286. The summed E-state index contributed by atoms with van der Waals surface area (Å²) in [6, 6.07) is 1.88. The summed E-state index contributed by atoms with van der Waals surface area (Å²) in [6.45, 7) is 5.00. The Labute approximate surface area is 101 Å². The van der Waals surface area contributed by atoms with Gasteiger partial charge in [0.15, 0.2) is 0 Å². The lowest BCUT2D eigenvalue weighted by atomic mass is 10.1. The Balaban J connectivity index is 2.35. The van der Waals surface area contributed by atoms with E-state index in [0.29, 0.717) is 12.2 Å². The first-order valence-electron chi connectivity index (χ1n) is 6.14. The van der Waals surface area contributed by atoms with Gasteiger partial charge in [0.05, 0.1) is 29.2 Å². The van der Waals surface area contributed by atoms with Crippen LogP contribution in [0.2, 0.25) is 0 Å². The lowest BCUT2D eigenvalue weighted by molar-refractivity contribution is 0.0525. The molecule has 4 nitrogen and oxygen atoms in total. The minimum Gasteiger partial charge on any atom is -0.462 e. The van der Waals surface area contributed by atoms with Gasteiger partial charge >= 0.3 is 5.97 Å². The number of ether oxygens (including phenoxy) is 1. The van der Waals surface area contributed by atoms with Crippen molar-refractivity contribution in [3.63, 3.8) is 0 Å². The molecule has 0 saturated carbocycles. The third-order valence-electron chi connectivity index (χ3n) is 2.94. The number of aryl methyl sites for hydroxylation is 2. The highest BCUT2D eigenvalue weighted by Gasteiger charge is 2.16. The fourth-order valence-corrected chi connectivity index (χ4v) is 2.05. The fraction of sp³-hybridized carbons (Fsp3) is 0.538. The van der Waals surface area contributed by atoms with E-state index in [4.69, 9.17) is 4.74 Å². The Kier molecular flexibility index (Phi) is 3.61. The summed E-state index contributed by atoms with van der Waals surface area (Å²) in [6.07, 6.45) is 3.27. The van der Waals surface area contributed by atoms with Gasteiger partial charge in [-0.15, -0.1) is 0 Å². The van der Waals surface area contributed by atoms with Crippen LogP contribution in [0.5, 0.6) is 0 Å². The summed E-state index contributed by atoms with van der Waals surface area (Å²) in [5.41, 5.74) is 3.37. The zero-order chi connectivity index (χ0) is 12.3. The Morgan fingerprint density at radius 3 is 3.12 bits per heavy atom. The van der Waals surface area contributed by atoms with E-state index in [9.17, 15) is 4.79 Å². The molecule has 0 bridgehead atoms. The van der Waals surface area contributed by atoms with E-state index in [1.165, 1.54) is 0 Å². The highest BCUT2D eigenvalue weighted by Crippen LogP contribution is 2.23. The van der Waals surface area contributed by atoms with Crippen LogP contribution in [0.1, 0.15) is 41.5 Å². The van der Waals surface area contributed by atoms with Crippen molar-refractivity contribution in [2.24, 2.45) is 0 Å². The molecular weight excluding hydrogens is 216 g/mol. The van der Waals surface area contributed by atoms with Crippen molar-refractivity contribution < 1.29 is 9.53 Å². The summed E-state index contributed by atoms with van der Waals surface area (Å²) < 4.78 is 5.02. The molecule has 0 fully saturated rings. The Morgan fingerprint density at radius 2 is 2.35 bits per heavy atom. The molecule has 0 radical (unpaired) electrons. The van der Waals surface area contributed by atoms with Crippen LogP contribution >= 0.6 is 0 Å². The second-order valence-electron chi connectivity index (χ2n) is 4.22. The number of aromatic nitrogens is 1. The number of fused-ring (bicyclic) bond motifs is 1. The molecule has 0 amide bonds. The van der Waals surface area contributed by atoms with Crippen molar-refractivity contribution in [2.45, 2.75) is 33.1 Å². The van der Waals surface area contributed by atoms with Crippen molar-refractivity contribution in [1.29, 1.82) is 0 Å². The number of rotatable bonds is 2. The third kappa shape index (κ3) is 2.57. The molecule has 1 aromatic rings. The molecule has 4 heteroatoms. The first kappa shape index (κ1) is 11.9. The van der Waals surface area contributed by atoms with Crippen LogP contribution in [0, 0.1) is 6.92 Å². The molecule has 1 aromatic heterocycles. The number of esters is 1. The lowest BCUT2D eigenvalue weighted by Crippen LogP contribution is -2.11. The molecule has 2 rings (SSSR count). The van der Waals surface area contributed by atoms with Crippen molar-refractivity contribution >= 4 is 11.7 Å². The van der Waals surface area contributed by atoms with Gasteiger partial charge in [-0.25, -0.2) is 4.79 Å². The van der Waals surface area contributed by atoms with E-state index in [-0.39, 0.29) is 5.97 Å². The first-order valence-corrected chi connectivity index (χ1v) is 6.14. The van der Waals surface area contributed by atoms with Crippen LogP contribution < -0.4 is 5.32 Å². The van der Waals surface area contributed by atoms with Crippen molar-refractivity contribution in [2.75, 3.05) is 18.5 Å². The predicted octanol–water partition coefficient (Wildman–Crippen LogP) is 2.31. The molecule has 0 atom stereocenters. The van der Waals surface area contributed by atoms with E-state index < -0.39 is 0 Å². The summed E-state index contributed by atoms with van der Waals surface area (Å²) in [5, 5.41) is 3.32. The molecule has 92 valence electrons. The maximum atomic E-state index is 11.7. The van der Waals surface area contributed by atoms with E-state index >= 15 is 0 Å². The van der Waals surface area contributed by atoms with E-state index in [1.54, 1.807) is 0 Å². The Bertz CT molecular complexity index is 430. The summed E-state index contributed by atoms with van der Waals surface area (Å²) in [7, 11) is 0. The molecule has 1 aliphatic heterocycles. The predicted molar refractivity (Wildman–Crippen MR) is 66.4 cm³/mol. The van der Waals surface area contributed by atoms with Crippen LogP contribution in [0.25, 0.3) is 0 Å². The quantitative estimate of drug-likeness (QED) is 0.798. The molecule has 0 aliphatic carbocycles. The number of nitrogens with one attached hydrogen (secondary N) is 1. The standard InChI is InChI=1S/C13H18N2O2/c1-3-17-13(16)10-8-12-11(15-9(10)2)6-4-5-7-14-12/h8,14H,3-7H2,1-2H3. The molecule has 1 N–H and O–H groups in total. The monoisotopic (exact) mass is 234 g/mol. The smallest absolute Gasteiger partial charge is 0.340 e. The summed E-state index contributed by atoms with van der Waals surface area (Å²) in [5.74, 6) is -0.286. The largest absolute Gasteiger partial charge is 0.462 e. The minimum absolute atomic E-state index is 0.286. The summed E-state index contributed by atoms with van der Waals surface area (Å²) in [4.78, 5) is 16.3. The van der Waals surface area contributed by atoms with Gasteiger partial charge < -0.3 is 10.1 Å². The first-order chi connectivity index (χ1) is 8.22. The van der Waals surface area contributed by atoms with Gasteiger partial charge in [0.25, 0.3) is 0 Å². The van der Waals surface area contributed by atoms with Gasteiger partial charge in [-0.05, 0) is 39.2 Å². The molecular formula is C13H18N2O2. The van der Waals surface area contributed by atoms with Gasteiger partial charge in [-0.3, -0.25) is 4.98 Å². The Hall–Kier alpha value is -1.58. The van der Waals surface area contributed by atoms with Crippen LogP contribution in [0.15, 0.2) is 6.07 Å². The van der Waals surface area contributed by atoms with Gasteiger partial charge in [-0.2, -0.15) is 0 Å². The second kappa shape index (κ2) is 5.17. The van der Waals surface area contributed by atoms with Gasteiger partial charge in [-0.1, -0.05) is 0 Å². The van der Waals surface area contributed by atoms with Crippen LogP contribution in [0.3, 0.4) is 0 Å². The zero-order valence-electron chi connectivity index (χ0n) is 10.4. The molecule has 0 saturated heterocycles. The lowest BCUT2D eigenvalue weighted by Gasteiger charge is -2.11. The number of nitrogens with zero attached hydrogens (tertiary/aromatic N) is 1. The number of carbonyl (C=O) groups is 1.